The van der Waals surface area contributed by atoms with Gasteiger partial charge in [-0.05, 0) is 39.3 Å². The Morgan fingerprint density at radius 3 is 2.29 bits per heavy atom. The fourth-order valence-electron chi connectivity index (χ4n) is 1.13. The van der Waals surface area contributed by atoms with Crippen LogP contribution in [0, 0.1) is 0 Å². The van der Waals surface area contributed by atoms with Crippen LogP contribution in [0.15, 0.2) is 24.3 Å². The quantitative estimate of drug-likeness (QED) is 0.382. The Morgan fingerprint density at radius 1 is 1.18 bits per heavy atom. The van der Waals surface area contributed by atoms with E-state index in [0.29, 0.717) is 6.42 Å². The van der Waals surface area contributed by atoms with Gasteiger partial charge in [0.25, 0.3) is 0 Å². The van der Waals surface area contributed by atoms with Crippen molar-refractivity contribution in [3.63, 3.8) is 0 Å². The third-order valence-corrected chi connectivity index (χ3v) is 1.95. The molecule has 17 heavy (non-hydrogen) atoms. The second-order valence-corrected chi connectivity index (χ2v) is 4.51. The molecule has 2 N–H and O–H groups in total. The van der Waals surface area contributed by atoms with Gasteiger partial charge in [0.15, 0.2) is 0 Å². The lowest BCUT2D eigenvalue weighted by Gasteiger charge is -2.09. The van der Waals surface area contributed by atoms with Gasteiger partial charge in [-0.2, -0.15) is 12.6 Å². The lowest BCUT2D eigenvalue weighted by Crippen LogP contribution is -2.30. The van der Waals surface area contributed by atoms with E-state index in [0.717, 1.165) is 0 Å². The highest BCUT2D eigenvalue weighted by atomic mass is 32.1. The normalized spacial score (nSPS) is 14.8. The summed E-state index contributed by atoms with van der Waals surface area (Å²) in [5, 5.41) is 5.22. The van der Waals surface area contributed by atoms with E-state index in [4.69, 9.17) is 0 Å². The highest BCUT2D eigenvalue weighted by molar-refractivity contribution is 7.80. The maximum absolute atomic E-state index is 11.2. The summed E-state index contributed by atoms with van der Waals surface area (Å²) in [7, 11) is 0. The Kier molecular flexibility index (Phi) is 8.23. The summed E-state index contributed by atoms with van der Waals surface area (Å²) in [5.41, 5.74) is 0. The van der Waals surface area contributed by atoms with E-state index in [-0.39, 0.29) is 23.2 Å². The molecule has 0 aliphatic heterocycles. The third-order valence-electron chi connectivity index (χ3n) is 1.82. The molecule has 0 aliphatic carbocycles. The van der Waals surface area contributed by atoms with Crippen molar-refractivity contribution in [2.45, 2.75) is 38.6 Å². The van der Waals surface area contributed by atoms with Crippen LogP contribution in [0.3, 0.4) is 0 Å². The number of nitrogens with one attached hydrogen (secondary N) is 2. The number of amides is 2. The van der Waals surface area contributed by atoms with E-state index < -0.39 is 0 Å². The van der Waals surface area contributed by atoms with Gasteiger partial charge in [-0.15, -0.1) is 0 Å². The molecule has 4 nitrogen and oxygen atoms in total. The number of hydrogen-bond donors (Lipinski definition) is 3. The number of carbonyl (C=O) groups excluding carboxylic acids is 2. The highest BCUT2D eigenvalue weighted by Gasteiger charge is 2.02. The minimum atomic E-state index is -0.181. The predicted molar refractivity (Wildman–Crippen MR) is 72.8 cm³/mol. The zero-order valence-electron chi connectivity index (χ0n) is 10.4. The summed E-state index contributed by atoms with van der Waals surface area (Å²) in [6.07, 6.45) is 6.93. The highest BCUT2D eigenvalue weighted by Crippen LogP contribution is 1.94. The maximum Gasteiger partial charge on any atom is 0.244 e. The minimum absolute atomic E-state index is 0.00354. The topological polar surface area (TPSA) is 58.2 Å². The van der Waals surface area contributed by atoms with Gasteiger partial charge in [-0.1, -0.05) is 12.2 Å². The molecule has 0 fully saturated rings. The summed E-state index contributed by atoms with van der Waals surface area (Å²) in [4.78, 5) is 22.4. The Labute approximate surface area is 108 Å². The zero-order valence-corrected chi connectivity index (χ0v) is 11.3. The van der Waals surface area contributed by atoms with Crippen molar-refractivity contribution in [1.82, 2.24) is 10.6 Å². The fourth-order valence-corrected chi connectivity index (χ4v) is 1.26. The fraction of sp³-hybridized carbons (Fsp3) is 0.500. The first kappa shape index (κ1) is 15.8. The summed E-state index contributed by atoms with van der Waals surface area (Å²) in [6.45, 7) is 5.44. The van der Waals surface area contributed by atoms with Crippen LogP contribution in [0.25, 0.3) is 0 Å². The monoisotopic (exact) mass is 256 g/mol. The first-order chi connectivity index (χ1) is 7.95. The molecule has 2 unspecified atom stereocenters. The Hall–Kier alpha value is -1.23. The molecular weight excluding hydrogens is 236 g/mol. The van der Waals surface area contributed by atoms with E-state index in [1.54, 1.807) is 26.0 Å². The number of allylic oxidation sites excluding steroid dienone is 1. The van der Waals surface area contributed by atoms with Crippen LogP contribution in [0.4, 0.5) is 0 Å². The van der Waals surface area contributed by atoms with Crippen molar-refractivity contribution < 1.29 is 9.59 Å². The molecule has 0 aliphatic rings. The van der Waals surface area contributed by atoms with E-state index in [9.17, 15) is 9.59 Å². The minimum Gasteiger partial charge on any atom is -0.350 e. The van der Waals surface area contributed by atoms with Gasteiger partial charge in [0.05, 0.1) is 5.37 Å². The van der Waals surface area contributed by atoms with Crippen molar-refractivity contribution in [3.05, 3.63) is 24.3 Å². The zero-order chi connectivity index (χ0) is 13.3. The largest absolute Gasteiger partial charge is 0.350 e. The first-order valence-corrected chi connectivity index (χ1v) is 6.05. The molecule has 5 heteroatoms. The first-order valence-electron chi connectivity index (χ1n) is 5.54. The second-order valence-electron chi connectivity index (χ2n) is 3.73. The molecule has 0 bridgehead atoms. The van der Waals surface area contributed by atoms with E-state index in [1.165, 1.54) is 12.2 Å². The van der Waals surface area contributed by atoms with Crippen molar-refractivity contribution in [2.24, 2.45) is 0 Å². The Bertz CT molecular complexity index is 312. The van der Waals surface area contributed by atoms with Gasteiger partial charge in [0.1, 0.15) is 0 Å². The van der Waals surface area contributed by atoms with Crippen LogP contribution in [0.1, 0.15) is 27.2 Å². The van der Waals surface area contributed by atoms with Crippen molar-refractivity contribution in [3.8, 4) is 0 Å². The maximum atomic E-state index is 11.2. The van der Waals surface area contributed by atoms with E-state index in [1.807, 2.05) is 6.92 Å². The Morgan fingerprint density at radius 2 is 1.76 bits per heavy atom. The van der Waals surface area contributed by atoms with Gasteiger partial charge in [0, 0.05) is 6.04 Å². The number of hydrogen-bond acceptors (Lipinski definition) is 3. The standard InChI is InChI=1S/C12H20N2O2S/c1-4-6-11(15)13-9(2)7-5-8-12(16)14-10(3)17/h4-6,8-10,17H,7H2,1-3H3,(H,13,15)(H,14,16)/b6-4+,8-5+. The van der Waals surface area contributed by atoms with E-state index in [2.05, 4.69) is 23.3 Å². The van der Waals surface area contributed by atoms with Crippen LogP contribution in [-0.2, 0) is 9.59 Å². The molecule has 0 heterocycles. The summed E-state index contributed by atoms with van der Waals surface area (Å²) in [6, 6.07) is -0.00354. The number of thiol groups is 1. The number of rotatable bonds is 6. The number of carbonyl (C=O) groups is 2. The van der Waals surface area contributed by atoms with Crippen LogP contribution in [0.5, 0.6) is 0 Å². The Balaban J connectivity index is 3.90. The van der Waals surface area contributed by atoms with Crippen molar-refractivity contribution in [1.29, 1.82) is 0 Å². The second kappa shape index (κ2) is 8.87. The summed E-state index contributed by atoms with van der Waals surface area (Å²) >= 11 is 4.04. The van der Waals surface area contributed by atoms with Crippen LogP contribution >= 0.6 is 12.6 Å². The molecule has 0 spiro atoms. The molecule has 0 radical (unpaired) electrons. The summed E-state index contributed by atoms with van der Waals surface area (Å²) in [5.74, 6) is -0.304. The van der Waals surface area contributed by atoms with Crippen LogP contribution in [0.2, 0.25) is 0 Å². The van der Waals surface area contributed by atoms with Crippen LogP contribution < -0.4 is 10.6 Å². The molecule has 0 aromatic carbocycles. The summed E-state index contributed by atoms with van der Waals surface area (Å²) < 4.78 is 0. The predicted octanol–water partition coefficient (Wildman–Crippen LogP) is 1.41. The van der Waals surface area contributed by atoms with Gasteiger partial charge in [0.2, 0.25) is 11.8 Å². The molecule has 96 valence electrons. The van der Waals surface area contributed by atoms with Crippen LogP contribution in [-0.4, -0.2) is 23.2 Å². The van der Waals surface area contributed by atoms with Crippen molar-refractivity contribution >= 4 is 24.4 Å². The SMILES string of the molecule is C/C=C/C(=O)NC(C)C/C=C/C(=O)NC(C)S. The molecule has 0 saturated heterocycles. The van der Waals surface area contributed by atoms with Gasteiger partial charge in [-0.3, -0.25) is 9.59 Å². The van der Waals surface area contributed by atoms with Crippen molar-refractivity contribution in [2.75, 3.05) is 0 Å². The molecule has 2 atom stereocenters. The molecule has 0 aromatic heterocycles. The molecule has 0 saturated carbocycles. The smallest absolute Gasteiger partial charge is 0.244 e. The van der Waals surface area contributed by atoms with E-state index >= 15 is 0 Å². The average molecular weight is 256 g/mol. The molecule has 2 amide bonds. The molecular formula is C12H20N2O2S. The lowest BCUT2D eigenvalue weighted by molar-refractivity contribution is -0.117. The molecule has 0 rings (SSSR count). The average Bonchev–Trinajstić information content (AvgIpc) is 2.16. The van der Waals surface area contributed by atoms with Gasteiger partial charge in [-0.25, -0.2) is 0 Å². The lowest BCUT2D eigenvalue weighted by atomic mass is 10.2. The third kappa shape index (κ3) is 9.68. The molecule has 0 aromatic rings. The van der Waals surface area contributed by atoms with Gasteiger partial charge < -0.3 is 10.6 Å². The van der Waals surface area contributed by atoms with Gasteiger partial charge >= 0.3 is 0 Å².